The Morgan fingerprint density at radius 1 is 1.56 bits per heavy atom. The molecule has 3 atom stereocenters. The zero-order valence-electron chi connectivity index (χ0n) is 10.8. The van der Waals surface area contributed by atoms with Crippen molar-refractivity contribution in [2.75, 3.05) is 0 Å². The summed E-state index contributed by atoms with van der Waals surface area (Å²) in [6.07, 6.45) is 6.88. The van der Waals surface area contributed by atoms with Gasteiger partial charge in [0.05, 0.1) is 6.10 Å². The Kier molecular flexibility index (Phi) is 6.05. The van der Waals surface area contributed by atoms with Crippen LogP contribution in [0.3, 0.4) is 0 Å². The minimum atomic E-state index is -0.773. The number of Topliss-reactive ketones (excluding diaryl/α,β-unsaturated/α-hetero) is 1. The molecule has 0 aromatic carbocycles. The van der Waals surface area contributed by atoms with Gasteiger partial charge in [-0.1, -0.05) is 12.2 Å². The van der Waals surface area contributed by atoms with Gasteiger partial charge in [-0.05, 0) is 38.5 Å². The van der Waals surface area contributed by atoms with E-state index in [-0.39, 0.29) is 18.1 Å². The number of aliphatic carboxylic acids is 1. The fraction of sp³-hybridized carbons (Fsp3) is 0.714. The van der Waals surface area contributed by atoms with E-state index in [1.54, 1.807) is 13.0 Å². The lowest BCUT2D eigenvalue weighted by atomic mass is 9.88. The number of hydrogen-bond acceptors (Lipinski definition) is 3. The lowest BCUT2D eigenvalue weighted by Crippen LogP contribution is -2.14. The van der Waals surface area contributed by atoms with Gasteiger partial charge < -0.3 is 10.2 Å². The number of aliphatic hydroxyl groups is 1. The van der Waals surface area contributed by atoms with Crippen LogP contribution in [-0.4, -0.2) is 28.1 Å². The van der Waals surface area contributed by atoms with Gasteiger partial charge in [0, 0.05) is 18.8 Å². The van der Waals surface area contributed by atoms with Gasteiger partial charge in [0.25, 0.3) is 0 Å². The van der Waals surface area contributed by atoms with Gasteiger partial charge in [0.2, 0.25) is 0 Å². The van der Waals surface area contributed by atoms with Crippen LogP contribution in [0.5, 0.6) is 0 Å². The first kappa shape index (κ1) is 14.9. The van der Waals surface area contributed by atoms with Crippen LogP contribution in [0.1, 0.15) is 45.4 Å². The molecule has 1 fully saturated rings. The van der Waals surface area contributed by atoms with E-state index in [2.05, 4.69) is 0 Å². The standard InChI is InChI=1S/C14H22O4/c1-10(15)4-2-6-12-11(8-9-13(12)16)5-3-7-14(17)18/h2,4,10-12,15H,3,5-9H2,1H3,(H,17,18)/b4-2-/t10-,11+,12-/m1/s1. The number of carbonyl (C=O) groups excluding carboxylic acids is 1. The third-order valence-corrected chi connectivity index (χ3v) is 3.51. The second-order valence-electron chi connectivity index (χ2n) is 5.06. The van der Waals surface area contributed by atoms with Crippen molar-refractivity contribution in [3.05, 3.63) is 12.2 Å². The first-order valence-electron chi connectivity index (χ1n) is 6.60. The van der Waals surface area contributed by atoms with E-state index in [1.165, 1.54) is 0 Å². The molecule has 1 saturated carbocycles. The van der Waals surface area contributed by atoms with Gasteiger partial charge in [-0.15, -0.1) is 0 Å². The molecule has 0 saturated heterocycles. The number of hydrogen-bond donors (Lipinski definition) is 2. The molecule has 0 amide bonds. The minimum Gasteiger partial charge on any atom is -0.481 e. The molecule has 4 heteroatoms. The van der Waals surface area contributed by atoms with Gasteiger partial charge in [-0.2, -0.15) is 0 Å². The Hall–Kier alpha value is -1.16. The van der Waals surface area contributed by atoms with Crippen LogP contribution in [0.4, 0.5) is 0 Å². The third-order valence-electron chi connectivity index (χ3n) is 3.51. The molecule has 1 aliphatic carbocycles. The Bertz CT molecular complexity index is 320. The minimum absolute atomic E-state index is 0.0220. The second kappa shape index (κ2) is 7.31. The lowest BCUT2D eigenvalue weighted by molar-refractivity contribution is -0.137. The Balaban J connectivity index is 2.41. The van der Waals surface area contributed by atoms with Crippen molar-refractivity contribution in [2.24, 2.45) is 11.8 Å². The SMILES string of the molecule is C[C@@H](O)/C=C\C[C@H]1C(=O)CC[C@@H]1CCCC(=O)O. The van der Waals surface area contributed by atoms with Crippen LogP contribution in [0.2, 0.25) is 0 Å². The van der Waals surface area contributed by atoms with Gasteiger partial charge in [-0.25, -0.2) is 0 Å². The summed E-state index contributed by atoms with van der Waals surface area (Å²) < 4.78 is 0. The van der Waals surface area contributed by atoms with Crippen LogP contribution in [0.25, 0.3) is 0 Å². The zero-order chi connectivity index (χ0) is 13.5. The van der Waals surface area contributed by atoms with E-state index >= 15 is 0 Å². The highest BCUT2D eigenvalue weighted by atomic mass is 16.4. The zero-order valence-corrected chi connectivity index (χ0v) is 10.8. The highest BCUT2D eigenvalue weighted by Gasteiger charge is 2.33. The molecule has 18 heavy (non-hydrogen) atoms. The number of carboxylic acids is 1. The molecule has 102 valence electrons. The van der Waals surface area contributed by atoms with Crippen molar-refractivity contribution in [3.63, 3.8) is 0 Å². The molecule has 0 aromatic rings. The van der Waals surface area contributed by atoms with E-state index in [0.717, 1.165) is 12.8 Å². The smallest absolute Gasteiger partial charge is 0.303 e. The monoisotopic (exact) mass is 254 g/mol. The molecule has 0 spiro atoms. The predicted molar refractivity (Wildman–Crippen MR) is 68.1 cm³/mol. The summed E-state index contributed by atoms with van der Waals surface area (Å²) in [6.45, 7) is 1.68. The van der Waals surface area contributed by atoms with Gasteiger partial charge in [0.1, 0.15) is 5.78 Å². The average Bonchev–Trinajstić information content (AvgIpc) is 2.60. The topological polar surface area (TPSA) is 74.6 Å². The summed E-state index contributed by atoms with van der Waals surface area (Å²) in [5, 5.41) is 17.7. The van der Waals surface area contributed by atoms with Gasteiger partial charge in [0.15, 0.2) is 0 Å². The molecular formula is C14H22O4. The van der Waals surface area contributed by atoms with Crippen molar-refractivity contribution in [1.82, 2.24) is 0 Å². The average molecular weight is 254 g/mol. The van der Waals surface area contributed by atoms with E-state index < -0.39 is 12.1 Å². The molecule has 0 aromatic heterocycles. The van der Waals surface area contributed by atoms with E-state index in [1.807, 2.05) is 6.08 Å². The second-order valence-corrected chi connectivity index (χ2v) is 5.06. The fourth-order valence-corrected chi connectivity index (χ4v) is 2.58. The quantitative estimate of drug-likeness (QED) is 0.683. The Labute approximate surface area is 108 Å². The van der Waals surface area contributed by atoms with Crippen molar-refractivity contribution in [2.45, 2.75) is 51.6 Å². The molecule has 0 heterocycles. The summed E-state index contributed by atoms with van der Waals surface area (Å²) in [4.78, 5) is 22.2. The van der Waals surface area contributed by atoms with Crippen LogP contribution in [-0.2, 0) is 9.59 Å². The first-order chi connectivity index (χ1) is 8.50. The molecule has 1 rings (SSSR count). The van der Waals surface area contributed by atoms with E-state index in [4.69, 9.17) is 10.2 Å². The molecular weight excluding hydrogens is 232 g/mol. The van der Waals surface area contributed by atoms with Gasteiger partial charge in [-0.3, -0.25) is 9.59 Å². The van der Waals surface area contributed by atoms with Crippen molar-refractivity contribution in [3.8, 4) is 0 Å². The maximum absolute atomic E-state index is 11.7. The predicted octanol–water partition coefficient (Wildman–Crippen LogP) is 2.16. The Morgan fingerprint density at radius 3 is 2.89 bits per heavy atom. The number of rotatable bonds is 7. The van der Waals surface area contributed by atoms with Crippen LogP contribution >= 0.6 is 0 Å². The largest absolute Gasteiger partial charge is 0.481 e. The normalized spacial score (nSPS) is 25.8. The number of ketones is 1. The first-order valence-corrected chi connectivity index (χ1v) is 6.60. The van der Waals surface area contributed by atoms with E-state index in [9.17, 15) is 9.59 Å². The van der Waals surface area contributed by atoms with E-state index in [0.29, 0.717) is 25.2 Å². The lowest BCUT2D eigenvalue weighted by Gasteiger charge is -2.16. The molecule has 0 aliphatic heterocycles. The maximum Gasteiger partial charge on any atom is 0.303 e. The summed E-state index contributed by atoms with van der Waals surface area (Å²) in [5.41, 5.74) is 0. The fourth-order valence-electron chi connectivity index (χ4n) is 2.58. The van der Waals surface area contributed by atoms with Crippen LogP contribution in [0, 0.1) is 11.8 Å². The van der Waals surface area contributed by atoms with Crippen molar-refractivity contribution in [1.29, 1.82) is 0 Å². The molecule has 4 nitrogen and oxygen atoms in total. The summed E-state index contributed by atoms with van der Waals surface area (Å²) in [6, 6.07) is 0. The van der Waals surface area contributed by atoms with Crippen molar-refractivity contribution >= 4 is 11.8 Å². The van der Waals surface area contributed by atoms with Crippen LogP contribution in [0.15, 0.2) is 12.2 Å². The Morgan fingerprint density at radius 2 is 2.28 bits per heavy atom. The number of carboxylic acid groups (broad SMARTS) is 1. The van der Waals surface area contributed by atoms with Gasteiger partial charge >= 0.3 is 5.97 Å². The number of aliphatic hydroxyl groups excluding tert-OH is 1. The van der Waals surface area contributed by atoms with Crippen molar-refractivity contribution < 1.29 is 19.8 Å². The number of carbonyl (C=O) groups is 2. The highest BCUT2D eigenvalue weighted by Crippen LogP contribution is 2.35. The highest BCUT2D eigenvalue weighted by molar-refractivity contribution is 5.83. The third kappa shape index (κ3) is 5.00. The van der Waals surface area contributed by atoms with Crippen LogP contribution < -0.4 is 0 Å². The summed E-state index contributed by atoms with van der Waals surface area (Å²) in [5.74, 6) is -0.153. The molecule has 0 bridgehead atoms. The maximum atomic E-state index is 11.7. The molecule has 0 unspecified atom stereocenters. The molecule has 0 radical (unpaired) electrons. The summed E-state index contributed by atoms with van der Waals surface area (Å²) in [7, 11) is 0. The molecule has 2 N–H and O–H groups in total. The molecule has 1 aliphatic rings. The number of allylic oxidation sites excluding steroid dienone is 1. The summed E-state index contributed by atoms with van der Waals surface area (Å²) >= 11 is 0.